The minimum absolute atomic E-state index is 0.0567. The molecule has 1 aromatic rings. The summed E-state index contributed by atoms with van der Waals surface area (Å²) in [6.07, 6.45) is 0.905. The molecule has 0 saturated heterocycles. The van der Waals surface area contributed by atoms with Crippen molar-refractivity contribution in [3.8, 4) is 0 Å². The Kier molecular flexibility index (Phi) is 4.32. The molecular weight excluding hydrogens is 273 g/mol. The van der Waals surface area contributed by atoms with Gasteiger partial charge in [-0.15, -0.1) is 11.6 Å². The van der Waals surface area contributed by atoms with E-state index in [1.54, 1.807) is 0 Å². The summed E-state index contributed by atoms with van der Waals surface area (Å²) in [5, 5.41) is -0.228. The van der Waals surface area contributed by atoms with Crippen molar-refractivity contribution in [2.75, 3.05) is 0 Å². The molecule has 1 aromatic carbocycles. The summed E-state index contributed by atoms with van der Waals surface area (Å²) in [5.74, 6) is -1.09. The summed E-state index contributed by atoms with van der Waals surface area (Å²) < 4.78 is 26.9. The average molecular weight is 284 g/mol. The van der Waals surface area contributed by atoms with Gasteiger partial charge in [-0.25, -0.2) is 8.78 Å². The fourth-order valence-corrected chi connectivity index (χ4v) is 1.65. The second-order valence-electron chi connectivity index (χ2n) is 3.03. The molecule has 0 aromatic heterocycles. The van der Waals surface area contributed by atoms with E-state index in [0.29, 0.717) is 6.42 Å². The molecule has 1 atom stereocenters. The lowest BCUT2D eigenvalue weighted by Crippen LogP contribution is -2.06. The van der Waals surface area contributed by atoms with Crippen molar-refractivity contribution >= 4 is 27.5 Å². The zero-order chi connectivity index (χ0) is 10.7. The van der Waals surface area contributed by atoms with Crippen LogP contribution in [0.15, 0.2) is 16.6 Å². The van der Waals surface area contributed by atoms with Gasteiger partial charge in [0.2, 0.25) is 0 Å². The minimum atomic E-state index is -0.552. The van der Waals surface area contributed by atoms with Gasteiger partial charge in [-0.3, -0.25) is 0 Å². The van der Waals surface area contributed by atoms with E-state index in [1.165, 1.54) is 12.1 Å². The molecule has 0 bridgehead atoms. The maximum Gasteiger partial charge on any atom is 0.143 e. The van der Waals surface area contributed by atoms with Gasteiger partial charge >= 0.3 is 0 Å². The summed E-state index contributed by atoms with van der Waals surface area (Å²) >= 11 is 8.85. The van der Waals surface area contributed by atoms with Crippen LogP contribution in [0.3, 0.4) is 0 Å². The Bertz CT molecular complexity index is 328. The first-order valence-electron chi connectivity index (χ1n) is 4.32. The second kappa shape index (κ2) is 5.08. The lowest BCUT2D eigenvalue weighted by molar-refractivity contribution is 0.546. The Morgan fingerprint density at radius 1 is 1.43 bits per heavy atom. The molecular formula is C10H10BrClF2. The number of rotatable bonds is 3. The summed E-state index contributed by atoms with van der Waals surface area (Å²) in [7, 11) is 0. The second-order valence-corrected chi connectivity index (χ2v) is 4.50. The lowest BCUT2D eigenvalue weighted by atomic mass is 10.1. The van der Waals surface area contributed by atoms with E-state index in [9.17, 15) is 8.78 Å². The smallest absolute Gasteiger partial charge is 0.143 e. The van der Waals surface area contributed by atoms with Crippen molar-refractivity contribution in [3.05, 3.63) is 33.8 Å². The highest BCUT2D eigenvalue weighted by molar-refractivity contribution is 9.10. The molecule has 78 valence electrons. The molecule has 1 unspecified atom stereocenters. The fourth-order valence-electron chi connectivity index (χ4n) is 1.12. The van der Waals surface area contributed by atoms with Crippen molar-refractivity contribution in [1.29, 1.82) is 0 Å². The third kappa shape index (κ3) is 2.67. The first-order valence-corrected chi connectivity index (χ1v) is 5.55. The molecule has 0 spiro atoms. The molecule has 0 nitrogen and oxygen atoms in total. The van der Waals surface area contributed by atoms with Gasteiger partial charge in [0, 0.05) is 10.9 Å². The maximum atomic E-state index is 13.4. The molecule has 0 saturated carbocycles. The van der Waals surface area contributed by atoms with Crippen LogP contribution in [0.2, 0.25) is 0 Å². The van der Waals surface area contributed by atoms with Gasteiger partial charge in [0.25, 0.3) is 0 Å². The zero-order valence-electron chi connectivity index (χ0n) is 7.66. The van der Waals surface area contributed by atoms with Crippen molar-refractivity contribution < 1.29 is 8.78 Å². The molecule has 0 heterocycles. The van der Waals surface area contributed by atoms with Gasteiger partial charge in [-0.05, 0) is 40.9 Å². The van der Waals surface area contributed by atoms with Crippen molar-refractivity contribution in [1.82, 2.24) is 0 Å². The zero-order valence-corrected chi connectivity index (χ0v) is 10.0. The summed E-state index contributed by atoms with van der Waals surface area (Å²) in [5.41, 5.74) is 0.0567. The van der Waals surface area contributed by atoms with Crippen LogP contribution in [0.1, 0.15) is 18.9 Å². The highest BCUT2D eigenvalue weighted by Gasteiger charge is 2.15. The Morgan fingerprint density at radius 3 is 2.64 bits per heavy atom. The Morgan fingerprint density at radius 2 is 2.07 bits per heavy atom. The number of alkyl halides is 1. The first-order chi connectivity index (χ1) is 6.56. The third-order valence-electron chi connectivity index (χ3n) is 2.01. The van der Waals surface area contributed by atoms with Crippen LogP contribution in [0.4, 0.5) is 8.78 Å². The molecule has 0 amide bonds. The van der Waals surface area contributed by atoms with E-state index in [1.807, 2.05) is 6.92 Å². The molecule has 0 aliphatic rings. The third-order valence-corrected chi connectivity index (χ3v) is 3.08. The summed E-state index contributed by atoms with van der Waals surface area (Å²) in [6.45, 7) is 1.88. The van der Waals surface area contributed by atoms with E-state index < -0.39 is 11.6 Å². The van der Waals surface area contributed by atoms with Gasteiger partial charge in [0.15, 0.2) is 0 Å². The van der Waals surface area contributed by atoms with E-state index in [4.69, 9.17) is 11.6 Å². The van der Waals surface area contributed by atoms with Gasteiger partial charge in [-0.1, -0.05) is 6.92 Å². The van der Waals surface area contributed by atoms with Gasteiger partial charge < -0.3 is 0 Å². The predicted molar refractivity (Wildman–Crippen MR) is 57.7 cm³/mol. The van der Waals surface area contributed by atoms with Crippen LogP contribution in [-0.2, 0) is 6.42 Å². The monoisotopic (exact) mass is 282 g/mol. The Hall–Kier alpha value is -0.150. The van der Waals surface area contributed by atoms with Crippen molar-refractivity contribution in [3.63, 3.8) is 0 Å². The molecule has 1 rings (SSSR count). The van der Waals surface area contributed by atoms with Crippen LogP contribution < -0.4 is 0 Å². The molecule has 0 radical (unpaired) electrons. The van der Waals surface area contributed by atoms with Crippen molar-refractivity contribution in [2.24, 2.45) is 0 Å². The topological polar surface area (TPSA) is 0 Å². The number of halogens is 4. The Labute approximate surface area is 95.4 Å². The van der Waals surface area contributed by atoms with Crippen LogP contribution >= 0.6 is 27.5 Å². The molecule has 0 aliphatic heterocycles. The van der Waals surface area contributed by atoms with E-state index in [2.05, 4.69) is 15.9 Å². The van der Waals surface area contributed by atoms with Gasteiger partial charge in [-0.2, -0.15) is 0 Å². The van der Waals surface area contributed by atoms with E-state index >= 15 is 0 Å². The molecule has 4 heteroatoms. The summed E-state index contributed by atoms with van der Waals surface area (Å²) in [4.78, 5) is 0. The molecule has 0 fully saturated rings. The van der Waals surface area contributed by atoms with Crippen LogP contribution in [0.5, 0.6) is 0 Å². The first kappa shape index (κ1) is 11.9. The quantitative estimate of drug-likeness (QED) is 0.573. The summed E-state index contributed by atoms with van der Waals surface area (Å²) in [6, 6.07) is 2.59. The number of benzene rings is 1. The molecule has 0 N–H and O–H groups in total. The lowest BCUT2D eigenvalue weighted by Gasteiger charge is -2.09. The predicted octanol–water partition coefficient (Wildman–Crippen LogP) is 4.29. The van der Waals surface area contributed by atoms with Crippen LogP contribution in [-0.4, -0.2) is 5.38 Å². The highest BCUT2D eigenvalue weighted by Crippen LogP contribution is 2.24. The van der Waals surface area contributed by atoms with E-state index in [-0.39, 0.29) is 21.8 Å². The largest absolute Gasteiger partial charge is 0.207 e. The SMILES string of the molecule is CCC(Cl)Cc1c(F)ccc(Br)c1F. The van der Waals surface area contributed by atoms with Gasteiger partial charge in [0.1, 0.15) is 11.6 Å². The molecule has 0 aliphatic carbocycles. The average Bonchev–Trinajstić information content (AvgIpc) is 2.18. The minimum Gasteiger partial charge on any atom is -0.207 e. The van der Waals surface area contributed by atoms with E-state index in [0.717, 1.165) is 0 Å². The maximum absolute atomic E-state index is 13.4. The standard InChI is InChI=1S/C10H10BrClF2/c1-2-6(12)5-7-9(13)4-3-8(11)10(7)14/h3-4,6H,2,5H2,1H3. The normalized spacial score (nSPS) is 12.9. The van der Waals surface area contributed by atoms with Crippen molar-refractivity contribution in [2.45, 2.75) is 25.1 Å². The Balaban J connectivity index is 3.00. The fraction of sp³-hybridized carbons (Fsp3) is 0.400. The van der Waals surface area contributed by atoms with Crippen LogP contribution in [0.25, 0.3) is 0 Å². The highest BCUT2D eigenvalue weighted by atomic mass is 79.9. The number of hydrogen-bond acceptors (Lipinski definition) is 0. The van der Waals surface area contributed by atoms with Gasteiger partial charge in [0.05, 0.1) is 4.47 Å². The number of hydrogen-bond donors (Lipinski definition) is 0. The molecule has 14 heavy (non-hydrogen) atoms. The van der Waals surface area contributed by atoms with Crippen LogP contribution in [0, 0.1) is 11.6 Å².